The molecule has 126 valence electrons. The molecule has 2 rings (SSSR count). The van der Waals surface area contributed by atoms with Gasteiger partial charge in [-0.25, -0.2) is 0 Å². The minimum atomic E-state index is -0.287. The van der Waals surface area contributed by atoms with E-state index in [1.54, 1.807) is 18.2 Å². The summed E-state index contributed by atoms with van der Waals surface area (Å²) >= 11 is 6.15. The third-order valence-electron chi connectivity index (χ3n) is 4.22. The molecule has 0 spiro atoms. The van der Waals surface area contributed by atoms with E-state index in [0.717, 1.165) is 6.42 Å². The normalized spacial score (nSPS) is 15.2. The summed E-state index contributed by atoms with van der Waals surface area (Å²) in [5, 5.41) is 5.85. The summed E-state index contributed by atoms with van der Waals surface area (Å²) in [4.78, 5) is 23.3. The summed E-state index contributed by atoms with van der Waals surface area (Å²) in [6.07, 6.45) is 7.83. The number of carbonyl (C=O) groups excluding carboxylic acids is 2. The summed E-state index contributed by atoms with van der Waals surface area (Å²) in [5.41, 5.74) is 6.37. The highest BCUT2D eigenvalue weighted by Gasteiger charge is 2.15. The lowest BCUT2D eigenvalue weighted by Gasteiger charge is -2.21. The molecule has 0 saturated heterocycles. The smallest absolute Gasteiger partial charge is 0.238 e. The van der Waals surface area contributed by atoms with E-state index in [4.69, 9.17) is 17.3 Å². The highest BCUT2D eigenvalue weighted by atomic mass is 35.5. The Hall–Kier alpha value is -1.59. The molecule has 0 aliphatic heterocycles. The molecular formula is C17H24ClN3O2. The second-order valence-corrected chi connectivity index (χ2v) is 6.45. The number of anilines is 2. The summed E-state index contributed by atoms with van der Waals surface area (Å²) < 4.78 is 0. The number of benzene rings is 1. The van der Waals surface area contributed by atoms with Crippen molar-refractivity contribution in [3.8, 4) is 0 Å². The molecule has 0 unspecified atom stereocenters. The van der Waals surface area contributed by atoms with Crippen LogP contribution in [0.25, 0.3) is 0 Å². The topological polar surface area (TPSA) is 84.2 Å². The predicted molar refractivity (Wildman–Crippen MR) is 93.6 cm³/mol. The van der Waals surface area contributed by atoms with Crippen LogP contribution in [-0.2, 0) is 9.59 Å². The third-order valence-corrected chi connectivity index (χ3v) is 4.53. The second-order valence-electron chi connectivity index (χ2n) is 6.04. The van der Waals surface area contributed by atoms with E-state index in [1.807, 2.05) is 0 Å². The number of rotatable bonds is 6. The van der Waals surface area contributed by atoms with Gasteiger partial charge in [-0.3, -0.25) is 9.59 Å². The van der Waals surface area contributed by atoms with Crippen LogP contribution in [0.3, 0.4) is 0 Å². The molecule has 1 aromatic carbocycles. The molecule has 0 aromatic heterocycles. The Morgan fingerprint density at radius 1 is 1.13 bits per heavy atom. The van der Waals surface area contributed by atoms with Gasteiger partial charge in [0, 0.05) is 12.1 Å². The zero-order valence-electron chi connectivity index (χ0n) is 13.2. The van der Waals surface area contributed by atoms with Crippen molar-refractivity contribution in [2.75, 3.05) is 17.2 Å². The number of hydrogen-bond acceptors (Lipinski definition) is 3. The van der Waals surface area contributed by atoms with Crippen molar-refractivity contribution < 1.29 is 9.59 Å². The van der Waals surface area contributed by atoms with Crippen LogP contribution >= 0.6 is 11.6 Å². The van der Waals surface area contributed by atoms with E-state index in [9.17, 15) is 9.59 Å². The number of nitrogens with one attached hydrogen (secondary N) is 2. The van der Waals surface area contributed by atoms with Crippen LogP contribution in [0.5, 0.6) is 0 Å². The van der Waals surface area contributed by atoms with Gasteiger partial charge in [0.1, 0.15) is 0 Å². The number of hydrogen-bond donors (Lipinski definition) is 3. The second kappa shape index (κ2) is 8.89. The SMILES string of the molecule is NCC(=O)Nc1ccc(NC(=O)CCC2CCCCC2)c(Cl)c1. The van der Waals surface area contributed by atoms with Crippen molar-refractivity contribution in [1.82, 2.24) is 0 Å². The molecule has 6 heteroatoms. The predicted octanol–water partition coefficient (Wildman–Crippen LogP) is 3.54. The quantitative estimate of drug-likeness (QED) is 0.742. The van der Waals surface area contributed by atoms with Gasteiger partial charge < -0.3 is 16.4 Å². The number of carbonyl (C=O) groups is 2. The molecule has 0 radical (unpaired) electrons. The maximum atomic E-state index is 12.1. The van der Waals surface area contributed by atoms with Crippen LogP contribution in [0.1, 0.15) is 44.9 Å². The Morgan fingerprint density at radius 2 is 1.87 bits per heavy atom. The van der Waals surface area contributed by atoms with Crippen LogP contribution < -0.4 is 16.4 Å². The lowest BCUT2D eigenvalue weighted by Crippen LogP contribution is -2.21. The van der Waals surface area contributed by atoms with E-state index in [1.165, 1.54) is 32.1 Å². The molecule has 1 aliphatic carbocycles. The van der Waals surface area contributed by atoms with E-state index >= 15 is 0 Å². The van der Waals surface area contributed by atoms with Gasteiger partial charge >= 0.3 is 0 Å². The maximum Gasteiger partial charge on any atom is 0.238 e. The Morgan fingerprint density at radius 3 is 2.52 bits per heavy atom. The molecule has 4 N–H and O–H groups in total. The van der Waals surface area contributed by atoms with Crippen LogP contribution in [-0.4, -0.2) is 18.4 Å². The van der Waals surface area contributed by atoms with Crippen LogP contribution in [0, 0.1) is 5.92 Å². The molecule has 1 saturated carbocycles. The van der Waals surface area contributed by atoms with Gasteiger partial charge in [-0.2, -0.15) is 0 Å². The van der Waals surface area contributed by atoms with Crippen LogP contribution in [0.2, 0.25) is 5.02 Å². The fourth-order valence-corrected chi connectivity index (χ4v) is 3.16. The Kier molecular flexibility index (Phi) is 6.86. The third kappa shape index (κ3) is 5.84. The van der Waals surface area contributed by atoms with Crippen molar-refractivity contribution >= 4 is 34.8 Å². The van der Waals surface area contributed by atoms with Gasteiger partial charge in [0.25, 0.3) is 0 Å². The monoisotopic (exact) mass is 337 g/mol. The van der Waals surface area contributed by atoms with Crippen molar-refractivity contribution in [3.05, 3.63) is 23.2 Å². The standard InChI is InChI=1S/C17H24ClN3O2/c18-14-10-13(20-17(23)11-19)7-8-15(14)21-16(22)9-6-12-4-2-1-3-5-12/h7-8,10,12H,1-6,9,11,19H2,(H,20,23)(H,21,22). The summed E-state index contributed by atoms with van der Waals surface area (Å²) in [7, 11) is 0. The molecule has 5 nitrogen and oxygen atoms in total. The number of amides is 2. The molecule has 23 heavy (non-hydrogen) atoms. The van der Waals surface area contributed by atoms with Crippen molar-refractivity contribution in [2.45, 2.75) is 44.9 Å². The minimum absolute atomic E-state index is 0.0174. The summed E-state index contributed by atoms with van der Waals surface area (Å²) in [5.74, 6) is 0.375. The van der Waals surface area contributed by atoms with Crippen molar-refractivity contribution in [1.29, 1.82) is 0 Å². The molecule has 0 atom stereocenters. The van der Waals surface area contributed by atoms with Gasteiger partial charge in [0.05, 0.1) is 17.3 Å². The van der Waals surface area contributed by atoms with Crippen LogP contribution in [0.4, 0.5) is 11.4 Å². The summed E-state index contributed by atoms with van der Waals surface area (Å²) in [6.45, 7) is -0.0860. The van der Waals surface area contributed by atoms with Crippen molar-refractivity contribution in [2.24, 2.45) is 11.7 Å². The minimum Gasteiger partial charge on any atom is -0.325 e. The Balaban J connectivity index is 1.84. The van der Waals surface area contributed by atoms with E-state index in [-0.39, 0.29) is 18.4 Å². The first-order chi connectivity index (χ1) is 11.1. The lowest BCUT2D eigenvalue weighted by molar-refractivity contribution is -0.116. The molecule has 1 aromatic rings. The van der Waals surface area contributed by atoms with Gasteiger partial charge in [-0.1, -0.05) is 43.7 Å². The van der Waals surface area contributed by atoms with Gasteiger partial charge in [-0.15, -0.1) is 0 Å². The first-order valence-corrected chi connectivity index (χ1v) is 8.55. The average Bonchev–Trinajstić information content (AvgIpc) is 2.56. The van der Waals surface area contributed by atoms with E-state index in [0.29, 0.717) is 28.7 Å². The molecule has 2 amide bonds. The Labute approximate surface area is 142 Å². The van der Waals surface area contributed by atoms with Gasteiger partial charge in [0.15, 0.2) is 0 Å². The average molecular weight is 338 g/mol. The van der Waals surface area contributed by atoms with Gasteiger partial charge in [0.2, 0.25) is 11.8 Å². The fourth-order valence-electron chi connectivity index (χ4n) is 2.93. The zero-order valence-corrected chi connectivity index (χ0v) is 14.0. The largest absolute Gasteiger partial charge is 0.325 e. The fraction of sp³-hybridized carbons (Fsp3) is 0.529. The summed E-state index contributed by atoms with van der Waals surface area (Å²) in [6, 6.07) is 4.98. The molecule has 1 fully saturated rings. The van der Waals surface area contributed by atoms with Gasteiger partial charge in [-0.05, 0) is 30.5 Å². The number of halogens is 1. The Bertz CT molecular complexity index is 557. The lowest BCUT2D eigenvalue weighted by atomic mass is 9.86. The van der Waals surface area contributed by atoms with E-state index < -0.39 is 0 Å². The molecule has 1 aliphatic rings. The maximum absolute atomic E-state index is 12.1. The number of nitrogens with two attached hydrogens (primary N) is 1. The molecule has 0 heterocycles. The highest BCUT2D eigenvalue weighted by Crippen LogP contribution is 2.28. The molecular weight excluding hydrogens is 314 g/mol. The van der Waals surface area contributed by atoms with E-state index in [2.05, 4.69) is 10.6 Å². The highest BCUT2D eigenvalue weighted by molar-refractivity contribution is 6.34. The molecule has 0 bridgehead atoms. The van der Waals surface area contributed by atoms with Crippen molar-refractivity contribution in [3.63, 3.8) is 0 Å². The first-order valence-electron chi connectivity index (χ1n) is 8.18. The zero-order chi connectivity index (χ0) is 16.7. The first kappa shape index (κ1) is 17.8. The van der Waals surface area contributed by atoms with Crippen LogP contribution in [0.15, 0.2) is 18.2 Å².